The second kappa shape index (κ2) is 5.68. The molecule has 0 saturated heterocycles. The normalized spacial score (nSPS) is 30.0. The van der Waals surface area contributed by atoms with Gasteiger partial charge in [0, 0.05) is 11.7 Å². The molecule has 3 rings (SSSR count). The van der Waals surface area contributed by atoms with Crippen LogP contribution in [0.15, 0.2) is 29.3 Å². The molecule has 2 aliphatic rings. The Balaban J connectivity index is 1.65. The molecule has 1 aromatic rings. The van der Waals surface area contributed by atoms with E-state index in [0.29, 0.717) is 11.3 Å². The number of nitrogens with zero attached hydrogens (tertiary/aromatic N) is 1. The van der Waals surface area contributed by atoms with E-state index in [2.05, 4.69) is 31.2 Å². The highest BCUT2D eigenvalue weighted by molar-refractivity contribution is 8.14. The quantitative estimate of drug-likeness (QED) is 0.919. The molecule has 0 aromatic heterocycles. The zero-order valence-corrected chi connectivity index (χ0v) is 12.3. The second-order valence-electron chi connectivity index (χ2n) is 5.83. The van der Waals surface area contributed by atoms with E-state index in [4.69, 9.17) is 10.7 Å². The number of benzene rings is 1. The first-order valence-electron chi connectivity index (χ1n) is 7.23. The van der Waals surface area contributed by atoms with Gasteiger partial charge in [0.2, 0.25) is 0 Å². The fraction of sp³-hybridized carbons (Fsp3) is 0.562. The van der Waals surface area contributed by atoms with Gasteiger partial charge in [0.1, 0.15) is 0 Å². The molecule has 0 bridgehead atoms. The fourth-order valence-corrected chi connectivity index (χ4v) is 4.68. The lowest BCUT2D eigenvalue weighted by atomic mass is 9.86. The third-order valence-corrected chi connectivity index (χ3v) is 5.57. The van der Waals surface area contributed by atoms with Crippen molar-refractivity contribution in [3.05, 3.63) is 35.4 Å². The minimum atomic E-state index is 0.563. The van der Waals surface area contributed by atoms with Crippen LogP contribution in [-0.4, -0.2) is 22.9 Å². The Labute approximate surface area is 119 Å². The lowest BCUT2D eigenvalue weighted by molar-refractivity contribution is 0.347. The van der Waals surface area contributed by atoms with E-state index in [9.17, 15) is 0 Å². The van der Waals surface area contributed by atoms with E-state index in [1.165, 1.54) is 35.4 Å². The molecule has 1 aliphatic heterocycles. The minimum Gasteiger partial charge on any atom is -0.330 e. The summed E-state index contributed by atoms with van der Waals surface area (Å²) in [5.74, 6) is 0.724. The number of fused-ring (bicyclic) bond motifs is 1. The van der Waals surface area contributed by atoms with Gasteiger partial charge >= 0.3 is 0 Å². The molecule has 1 aromatic carbocycles. The molecule has 2 N–H and O–H groups in total. The Morgan fingerprint density at radius 3 is 3.05 bits per heavy atom. The molecule has 3 heteroatoms. The van der Waals surface area contributed by atoms with Crippen LogP contribution in [-0.2, 0) is 6.42 Å². The van der Waals surface area contributed by atoms with Crippen molar-refractivity contribution in [2.24, 2.45) is 16.6 Å². The summed E-state index contributed by atoms with van der Waals surface area (Å²) in [7, 11) is 0. The standard InChI is InChI=1S/C16H22N2S/c1-11-3-2-4-12(7-11)9-16-18-14-6-5-13(10-17)8-15(14)19-16/h2-4,7,13-15H,5-6,8-10,17H2,1H3. The third kappa shape index (κ3) is 3.03. The van der Waals surface area contributed by atoms with Gasteiger partial charge in [-0.25, -0.2) is 0 Å². The summed E-state index contributed by atoms with van der Waals surface area (Å²) in [6.45, 7) is 3.00. The molecule has 0 radical (unpaired) electrons. The van der Waals surface area contributed by atoms with Crippen LogP contribution in [0.4, 0.5) is 0 Å². The van der Waals surface area contributed by atoms with Crippen molar-refractivity contribution in [2.45, 2.75) is 43.9 Å². The fourth-order valence-electron chi connectivity index (χ4n) is 3.16. The van der Waals surface area contributed by atoms with Crippen molar-refractivity contribution in [3.63, 3.8) is 0 Å². The van der Waals surface area contributed by atoms with E-state index in [0.717, 1.165) is 18.9 Å². The van der Waals surface area contributed by atoms with Crippen LogP contribution in [0, 0.1) is 12.8 Å². The molecule has 3 atom stereocenters. The summed E-state index contributed by atoms with van der Waals surface area (Å²) in [6, 6.07) is 9.34. The number of aryl methyl sites for hydroxylation is 1. The van der Waals surface area contributed by atoms with Crippen molar-refractivity contribution in [1.82, 2.24) is 0 Å². The molecule has 3 unspecified atom stereocenters. The zero-order valence-electron chi connectivity index (χ0n) is 11.5. The first-order valence-corrected chi connectivity index (χ1v) is 8.11. The number of thioether (sulfide) groups is 1. The number of hydrogen-bond acceptors (Lipinski definition) is 3. The van der Waals surface area contributed by atoms with Gasteiger partial charge in [0.25, 0.3) is 0 Å². The molecule has 19 heavy (non-hydrogen) atoms. The largest absolute Gasteiger partial charge is 0.330 e. The Hall–Kier alpha value is -0.800. The first kappa shape index (κ1) is 13.2. The second-order valence-corrected chi connectivity index (χ2v) is 7.14. The van der Waals surface area contributed by atoms with Crippen LogP contribution in [0.25, 0.3) is 0 Å². The summed E-state index contributed by atoms with van der Waals surface area (Å²) in [6.07, 6.45) is 4.76. The van der Waals surface area contributed by atoms with Crippen LogP contribution in [0.1, 0.15) is 30.4 Å². The number of rotatable bonds is 3. The summed E-state index contributed by atoms with van der Waals surface area (Å²) < 4.78 is 0. The predicted octanol–water partition coefficient (Wildman–Crippen LogP) is 3.18. The van der Waals surface area contributed by atoms with Gasteiger partial charge in [-0.15, -0.1) is 11.8 Å². The highest BCUT2D eigenvalue weighted by Gasteiger charge is 2.35. The average Bonchev–Trinajstić information content (AvgIpc) is 2.79. The highest BCUT2D eigenvalue weighted by Crippen LogP contribution is 2.40. The molecule has 1 saturated carbocycles. The lowest BCUT2D eigenvalue weighted by Crippen LogP contribution is -2.31. The number of aliphatic imine (C=N–C) groups is 1. The van der Waals surface area contributed by atoms with Crippen molar-refractivity contribution in [1.29, 1.82) is 0 Å². The van der Waals surface area contributed by atoms with Crippen LogP contribution in [0.5, 0.6) is 0 Å². The van der Waals surface area contributed by atoms with Gasteiger partial charge in [-0.3, -0.25) is 4.99 Å². The molecule has 102 valence electrons. The molecule has 2 nitrogen and oxygen atoms in total. The van der Waals surface area contributed by atoms with Gasteiger partial charge in [-0.05, 0) is 44.2 Å². The maximum Gasteiger partial charge on any atom is 0.0727 e. The summed E-state index contributed by atoms with van der Waals surface area (Å²) in [4.78, 5) is 4.94. The van der Waals surface area contributed by atoms with Gasteiger partial charge in [0.05, 0.1) is 11.1 Å². The van der Waals surface area contributed by atoms with Crippen molar-refractivity contribution in [3.8, 4) is 0 Å². The molecule has 1 fully saturated rings. The summed E-state index contributed by atoms with van der Waals surface area (Å²) >= 11 is 2.01. The van der Waals surface area contributed by atoms with Crippen LogP contribution in [0.2, 0.25) is 0 Å². The van der Waals surface area contributed by atoms with Gasteiger partial charge in [-0.1, -0.05) is 29.8 Å². The molecular formula is C16H22N2S. The van der Waals surface area contributed by atoms with Crippen LogP contribution >= 0.6 is 11.8 Å². The lowest BCUT2D eigenvalue weighted by Gasteiger charge is -2.28. The maximum absolute atomic E-state index is 5.81. The first-order chi connectivity index (χ1) is 9.24. The predicted molar refractivity (Wildman–Crippen MR) is 83.9 cm³/mol. The van der Waals surface area contributed by atoms with Crippen molar-refractivity contribution < 1.29 is 0 Å². The smallest absolute Gasteiger partial charge is 0.0727 e. The zero-order chi connectivity index (χ0) is 13.2. The molecule has 1 aliphatic carbocycles. The van der Waals surface area contributed by atoms with Crippen molar-refractivity contribution in [2.75, 3.05) is 6.54 Å². The van der Waals surface area contributed by atoms with E-state index in [1.807, 2.05) is 11.8 Å². The molecular weight excluding hydrogens is 252 g/mol. The Kier molecular flexibility index (Phi) is 3.94. The number of hydrogen-bond donors (Lipinski definition) is 1. The average molecular weight is 274 g/mol. The SMILES string of the molecule is Cc1cccc(CC2=NC3CCC(CN)CC3S2)c1. The monoisotopic (exact) mass is 274 g/mol. The van der Waals surface area contributed by atoms with Crippen molar-refractivity contribution >= 4 is 16.8 Å². The molecule has 0 amide bonds. The summed E-state index contributed by atoms with van der Waals surface area (Å²) in [5.41, 5.74) is 8.54. The van der Waals surface area contributed by atoms with Crippen LogP contribution < -0.4 is 5.73 Å². The topological polar surface area (TPSA) is 38.4 Å². The molecule has 0 spiro atoms. The maximum atomic E-state index is 5.81. The van der Waals surface area contributed by atoms with E-state index in [1.54, 1.807) is 0 Å². The third-order valence-electron chi connectivity index (χ3n) is 4.23. The Morgan fingerprint density at radius 1 is 1.37 bits per heavy atom. The van der Waals surface area contributed by atoms with Crippen LogP contribution in [0.3, 0.4) is 0 Å². The summed E-state index contributed by atoms with van der Waals surface area (Å²) in [5, 5.41) is 2.03. The molecule has 1 heterocycles. The van der Waals surface area contributed by atoms with E-state index < -0.39 is 0 Å². The van der Waals surface area contributed by atoms with E-state index in [-0.39, 0.29) is 0 Å². The highest BCUT2D eigenvalue weighted by atomic mass is 32.2. The number of nitrogens with two attached hydrogens (primary N) is 1. The minimum absolute atomic E-state index is 0.563. The van der Waals surface area contributed by atoms with Gasteiger partial charge < -0.3 is 5.73 Å². The van der Waals surface area contributed by atoms with Gasteiger partial charge in [0.15, 0.2) is 0 Å². The van der Waals surface area contributed by atoms with E-state index >= 15 is 0 Å². The Bertz CT molecular complexity index is 483. The van der Waals surface area contributed by atoms with Gasteiger partial charge in [-0.2, -0.15) is 0 Å². The Morgan fingerprint density at radius 2 is 2.26 bits per heavy atom.